The monoisotopic (exact) mass is 392 g/mol. The fourth-order valence-corrected chi connectivity index (χ4v) is 4.26. The number of rotatable bonds is 1. The standard InChI is InChI=1S/C11H9IN2O2S2/c12-7-1-2-10-9(5-7)13-11(17)14(10)8-3-4-18(15,16)6-8/h1-5,8H,6H2,(H,13,17). The van der Waals surface area contributed by atoms with Gasteiger partial charge in [-0.3, -0.25) is 0 Å². The quantitative estimate of drug-likeness (QED) is 0.600. The highest BCUT2D eigenvalue weighted by Crippen LogP contribution is 2.26. The summed E-state index contributed by atoms with van der Waals surface area (Å²) >= 11 is 7.51. The number of fused-ring (bicyclic) bond motifs is 1. The van der Waals surface area contributed by atoms with Crippen molar-refractivity contribution >= 4 is 55.7 Å². The summed E-state index contributed by atoms with van der Waals surface area (Å²) in [4.78, 5) is 3.12. The molecular weight excluding hydrogens is 383 g/mol. The van der Waals surface area contributed by atoms with Crippen LogP contribution in [0.2, 0.25) is 0 Å². The molecule has 3 rings (SSSR count). The molecule has 1 N–H and O–H groups in total. The summed E-state index contributed by atoms with van der Waals surface area (Å²) in [6.45, 7) is 0. The van der Waals surface area contributed by atoms with E-state index in [1.54, 1.807) is 6.08 Å². The van der Waals surface area contributed by atoms with Gasteiger partial charge in [0.2, 0.25) is 0 Å². The summed E-state index contributed by atoms with van der Waals surface area (Å²) in [7, 11) is -3.08. The van der Waals surface area contributed by atoms with Crippen LogP contribution >= 0.6 is 34.8 Å². The van der Waals surface area contributed by atoms with Gasteiger partial charge in [0.05, 0.1) is 22.8 Å². The molecule has 0 fully saturated rings. The first-order chi connectivity index (χ1) is 8.46. The van der Waals surface area contributed by atoms with Crippen molar-refractivity contribution < 1.29 is 8.42 Å². The summed E-state index contributed by atoms with van der Waals surface area (Å²) in [6, 6.07) is 5.73. The molecule has 1 unspecified atom stereocenters. The smallest absolute Gasteiger partial charge is 0.178 e. The Morgan fingerprint density at radius 3 is 2.89 bits per heavy atom. The van der Waals surface area contributed by atoms with Gasteiger partial charge in [-0.25, -0.2) is 8.42 Å². The van der Waals surface area contributed by atoms with Crippen LogP contribution < -0.4 is 0 Å². The lowest BCUT2D eigenvalue weighted by Crippen LogP contribution is -2.11. The molecule has 0 bridgehead atoms. The maximum absolute atomic E-state index is 11.5. The predicted octanol–water partition coefficient (Wildman–Crippen LogP) is 2.79. The van der Waals surface area contributed by atoms with Gasteiger partial charge < -0.3 is 9.55 Å². The number of nitrogens with zero attached hydrogens (tertiary/aromatic N) is 1. The highest BCUT2D eigenvalue weighted by molar-refractivity contribution is 14.1. The number of hydrogen-bond donors (Lipinski definition) is 1. The van der Waals surface area contributed by atoms with E-state index in [1.165, 1.54) is 5.41 Å². The second kappa shape index (κ2) is 4.17. The van der Waals surface area contributed by atoms with Gasteiger partial charge in [0.25, 0.3) is 0 Å². The van der Waals surface area contributed by atoms with Crippen molar-refractivity contribution in [3.05, 3.63) is 38.0 Å². The number of hydrogen-bond acceptors (Lipinski definition) is 3. The van der Waals surface area contributed by atoms with Gasteiger partial charge in [-0.2, -0.15) is 0 Å². The van der Waals surface area contributed by atoms with Crippen molar-refractivity contribution in [1.29, 1.82) is 0 Å². The molecule has 1 atom stereocenters. The summed E-state index contributed by atoms with van der Waals surface area (Å²) in [6.07, 6.45) is 1.69. The molecular formula is C11H9IN2O2S2. The summed E-state index contributed by atoms with van der Waals surface area (Å²) in [5, 5.41) is 1.27. The van der Waals surface area contributed by atoms with E-state index >= 15 is 0 Å². The van der Waals surface area contributed by atoms with Crippen LogP contribution in [0.5, 0.6) is 0 Å². The van der Waals surface area contributed by atoms with Gasteiger partial charge in [0, 0.05) is 8.98 Å². The highest BCUT2D eigenvalue weighted by atomic mass is 127. The zero-order valence-electron chi connectivity index (χ0n) is 9.13. The summed E-state index contributed by atoms with van der Waals surface area (Å²) < 4.78 is 26.5. The minimum absolute atomic E-state index is 0.0836. The van der Waals surface area contributed by atoms with E-state index in [1.807, 2.05) is 22.8 Å². The fraction of sp³-hybridized carbons (Fsp3) is 0.182. The average molecular weight is 392 g/mol. The van der Waals surface area contributed by atoms with Gasteiger partial charge in [-0.15, -0.1) is 0 Å². The molecule has 2 heterocycles. The fourth-order valence-electron chi connectivity index (χ4n) is 2.15. The third-order valence-electron chi connectivity index (χ3n) is 2.92. The van der Waals surface area contributed by atoms with E-state index in [0.717, 1.165) is 14.6 Å². The summed E-state index contributed by atoms with van der Waals surface area (Å²) in [5.41, 5.74) is 1.87. The molecule has 0 aliphatic carbocycles. The molecule has 0 saturated carbocycles. The second-order valence-corrected chi connectivity index (χ2v) is 7.75. The molecule has 1 aliphatic rings. The van der Waals surface area contributed by atoms with Crippen molar-refractivity contribution in [2.24, 2.45) is 0 Å². The van der Waals surface area contributed by atoms with Crippen molar-refractivity contribution in [2.45, 2.75) is 6.04 Å². The Kier molecular flexibility index (Phi) is 2.87. The Bertz CT molecular complexity index is 817. The SMILES string of the molecule is O=S1(=O)C=CC(n2c(=S)[nH]c3cc(I)ccc32)C1. The third kappa shape index (κ3) is 2.04. The Morgan fingerprint density at radius 2 is 2.22 bits per heavy atom. The molecule has 2 aromatic rings. The number of aromatic nitrogens is 2. The van der Waals surface area contributed by atoms with E-state index in [4.69, 9.17) is 12.2 Å². The van der Waals surface area contributed by atoms with Crippen molar-refractivity contribution in [3.8, 4) is 0 Å². The number of imidazole rings is 1. The van der Waals surface area contributed by atoms with Crippen LogP contribution in [0.4, 0.5) is 0 Å². The first-order valence-corrected chi connectivity index (χ1v) is 8.47. The molecule has 7 heteroatoms. The molecule has 18 heavy (non-hydrogen) atoms. The van der Waals surface area contributed by atoms with Gasteiger partial charge in [0.15, 0.2) is 14.6 Å². The largest absolute Gasteiger partial charge is 0.331 e. The van der Waals surface area contributed by atoms with Crippen LogP contribution in [0.25, 0.3) is 11.0 Å². The zero-order valence-corrected chi connectivity index (χ0v) is 12.9. The Balaban J connectivity index is 2.22. The van der Waals surface area contributed by atoms with Crippen LogP contribution in [0, 0.1) is 8.34 Å². The molecule has 0 saturated heterocycles. The minimum atomic E-state index is -3.08. The molecule has 94 valence electrons. The lowest BCUT2D eigenvalue weighted by atomic mass is 10.3. The van der Waals surface area contributed by atoms with Crippen molar-refractivity contribution in [3.63, 3.8) is 0 Å². The number of halogens is 1. The molecule has 4 nitrogen and oxygen atoms in total. The maximum atomic E-state index is 11.5. The molecule has 1 aromatic carbocycles. The second-order valence-electron chi connectivity index (χ2n) is 4.19. The molecule has 0 amide bonds. The number of aromatic amines is 1. The zero-order chi connectivity index (χ0) is 12.9. The lowest BCUT2D eigenvalue weighted by Gasteiger charge is -2.10. The number of H-pyrrole nitrogens is 1. The van der Waals surface area contributed by atoms with E-state index < -0.39 is 9.84 Å². The molecule has 0 spiro atoms. The van der Waals surface area contributed by atoms with E-state index in [9.17, 15) is 8.42 Å². The van der Waals surface area contributed by atoms with E-state index in [2.05, 4.69) is 27.6 Å². The Labute approximate surface area is 123 Å². The van der Waals surface area contributed by atoms with E-state index in [-0.39, 0.29) is 11.8 Å². The highest BCUT2D eigenvalue weighted by Gasteiger charge is 2.24. The number of sulfone groups is 1. The van der Waals surface area contributed by atoms with Crippen molar-refractivity contribution in [1.82, 2.24) is 9.55 Å². The lowest BCUT2D eigenvalue weighted by molar-refractivity contribution is 0.594. The van der Waals surface area contributed by atoms with Crippen LogP contribution in [0.15, 0.2) is 29.7 Å². The van der Waals surface area contributed by atoms with Crippen LogP contribution in [0.1, 0.15) is 6.04 Å². The van der Waals surface area contributed by atoms with Gasteiger partial charge in [-0.05, 0) is 59.1 Å². The first-order valence-electron chi connectivity index (χ1n) is 5.27. The van der Waals surface area contributed by atoms with E-state index in [0.29, 0.717) is 4.77 Å². The van der Waals surface area contributed by atoms with Crippen LogP contribution in [-0.2, 0) is 9.84 Å². The average Bonchev–Trinajstić information content (AvgIpc) is 2.77. The maximum Gasteiger partial charge on any atom is 0.178 e. The van der Waals surface area contributed by atoms with Gasteiger partial charge >= 0.3 is 0 Å². The number of benzene rings is 1. The van der Waals surface area contributed by atoms with Crippen LogP contribution in [-0.4, -0.2) is 23.7 Å². The topological polar surface area (TPSA) is 54.9 Å². The molecule has 1 aromatic heterocycles. The minimum Gasteiger partial charge on any atom is -0.331 e. The normalized spacial score (nSPS) is 21.7. The first kappa shape index (κ1) is 12.4. The van der Waals surface area contributed by atoms with Gasteiger partial charge in [0.1, 0.15) is 0 Å². The number of nitrogens with one attached hydrogen (secondary N) is 1. The third-order valence-corrected chi connectivity index (χ3v) is 5.27. The van der Waals surface area contributed by atoms with Crippen molar-refractivity contribution in [2.75, 3.05) is 5.75 Å². The van der Waals surface area contributed by atoms with Gasteiger partial charge in [-0.1, -0.05) is 0 Å². The Hall–Kier alpha value is -0.670. The predicted molar refractivity (Wildman–Crippen MR) is 81.8 cm³/mol. The molecule has 0 radical (unpaired) electrons. The molecule has 1 aliphatic heterocycles. The summed E-state index contributed by atoms with van der Waals surface area (Å²) in [5.74, 6) is 0.0836. The Morgan fingerprint density at radius 1 is 1.44 bits per heavy atom. The van der Waals surface area contributed by atoms with Crippen LogP contribution in [0.3, 0.4) is 0 Å². The number of allylic oxidation sites excluding steroid dienone is 1.